The molecule has 0 saturated carbocycles. The summed E-state index contributed by atoms with van der Waals surface area (Å²) in [5, 5.41) is 33.0. The molecule has 0 aromatic heterocycles. The van der Waals surface area contributed by atoms with Crippen LogP contribution in [0.3, 0.4) is 0 Å². The molecule has 0 heterocycles. The van der Waals surface area contributed by atoms with Crippen molar-refractivity contribution >= 4 is 18.5 Å². The molecule has 0 saturated heterocycles. The fourth-order valence-corrected chi connectivity index (χ4v) is 1.77. The van der Waals surface area contributed by atoms with Crippen LogP contribution in [0.15, 0.2) is 34.5 Å². The van der Waals surface area contributed by atoms with E-state index in [2.05, 4.69) is 25.4 Å². The molecular weight excluding hydrogens is 330 g/mol. The molecule has 0 bridgehead atoms. The van der Waals surface area contributed by atoms with Crippen LogP contribution in [0.1, 0.15) is 11.6 Å². The van der Waals surface area contributed by atoms with Gasteiger partial charge in [-0.05, 0) is 28.8 Å². The number of alkyl carbamates (subject to hydrolysis) is 1. The van der Waals surface area contributed by atoms with Gasteiger partial charge in [0, 0.05) is 22.3 Å². The molecule has 12 nitrogen and oxygen atoms in total. The van der Waals surface area contributed by atoms with E-state index < -0.39 is 24.3 Å². The van der Waals surface area contributed by atoms with Gasteiger partial charge in [0.2, 0.25) is 0 Å². The van der Waals surface area contributed by atoms with Crippen molar-refractivity contribution in [2.45, 2.75) is 11.6 Å². The van der Waals surface area contributed by atoms with Crippen molar-refractivity contribution in [3.63, 3.8) is 0 Å². The Morgan fingerprint density at radius 2 is 1.88 bits per heavy atom. The summed E-state index contributed by atoms with van der Waals surface area (Å²) in [6.45, 7) is -0.584. The van der Waals surface area contributed by atoms with Gasteiger partial charge in [0.15, 0.2) is 5.60 Å². The van der Waals surface area contributed by atoms with Crippen molar-refractivity contribution < 1.29 is 14.6 Å². The first-order valence-electron chi connectivity index (χ1n) is 6.83. The largest absolute Gasteiger partial charge is 0.508 e. The number of phenolic OH excluding ortho intramolecular Hbond substituents is 1. The highest BCUT2D eigenvalue weighted by Crippen LogP contribution is 2.18. The van der Waals surface area contributed by atoms with E-state index in [0.717, 1.165) is 0 Å². The van der Waals surface area contributed by atoms with E-state index >= 15 is 0 Å². The highest BCUT2D eigenvalue weighted by atomic mass is 16.6. The van der Waals surface area contributed by atoms with E-state index in [1.54, 1.807) is 0 Å². The van der Waals surface area contributed by atoms with E-state index in [0.29, 0.717) is 18.0 Å². The van der Waals surface area contributed by atoms with Gasteiger partial charge >= 0.3 is 6.09 Å². The van der Waals surface area contributed by atoms with E-state index in [1.165, 1.54) is 24.3 Å². The third-order valence-electron chi connectivity index (χ3n) is 3.07. The lowest BCUT2D eigenvalue weighted by Gasteiger charge is -2.25. The molecule has 0 aliphatic rings. The minimum absolute atomic E-state index is 0.0230. The molecular formula is C13H15N9O3. The Labute approximate surface area is 141 Å². The summed E-state index contributed by atoms with van der Waals surface area (Å²) in [6.07, 6.45) is 0.320. The van der Waals surface area contributed by atoms with Crippen LogP contribution in [0, 0.1) is 10.8 Å². The average Bonchev–Trinajstić information content (AvgIpc) is 2.63. The summed E-state index contributed by atoms with van der Waals surface area (Å²) < 4.78 is 5.01. The number of carbonyl (C=O) groups excluding carboxylic acids is 1. The van der Waals surface area contributed by atoms with Crippen LogP contribution in [0.2, 0.25) is 0 Å². The number of carbonyl (C=O) groups is 1. The first kappa shape index (κ1) is 19.3. The van der Waals surface area contributed by atoms with Gasteiger partial charge in [-0.15, -0.1) is 0 Å². The quantitative estimate of drug-likeness (QED) is 0.231. The molecule has 130 valence electrons. The number of aromatic hydroxyl groups is 1. The maximum atomic E-state index is 12.1. The SMILES string of the molecule is [N-]=[N+]=NC[C@H](NC(=O)OC(C=N)(C=N)CN=[N+]=[N-])c1ccc(O)cc1. The molecule has 0 fully saturated rings. The molecule has 4 N–H and O–H groups in total. The van der Waals surface area contributed by atoms with Crippen LogP contribution in [-0.2, 0) is 4.74 Å². The fraction of sp³-hybridized carbons (Fsp3) is 0.308. The van der Waals surface area contributed by atoms with Crippen LogP contribution in [0.5, 0.6) is 5.75 Å². The third kappa shape index (κ3) is 5.75. The van der Waals surface area contributed by atoms with Crippen LogP contribution in [0.4, 0.5) is 4.79 Å². The van der Waals surface area contributed by atoms with Crippen molar-refractivity contribution in [3.8, 4) is 5.75 Å². The Bertz CT molecular complexity index is 713. The predicted octanol–water partition coefficient (Wildman–Crippen LogP) is 2.82. The zero-order valence-corrected chi connectivity index (χ0v) is 12.9. The van der Waals surface area contributed by atoms with Crippen molar-refractivity contribution in [2.24, 2.45) is 10.2 Å². The molecule has 1 atom stereocenters. The Balaban J connectivity index is 2.94. The summed E-state index contributed by atoms with van der Waals surface area (Å²) >= 11 is 0. The van der Waals surface area contributed by atoms with E-state index in [4.69, 9.17) is 26.6 Å². The topological polar surface area (TPSA) is 204 Å². The van der Waals surface area contributed by atoms with Crippen LogP contribution >= 0.6 is 0 Å². The number of ether oxygens (including phenoxy) is 1. The van der Waals surface area contributed by atoms with Gasteiger partial charge in [0.1, 0.15) is 5.75 Å². The van der Waals surface area contributed by atoms with Gasteiger partial charge < -0.3 is 26.0 Å². The van der Waals surface area contributed by atoms with Crippen LogP contribution in [0.25, 0.3) is 20.9 Å². The zero-order valence-electron chi connectivity index (χ0n) is 12.9. The molecule has 25 heavy (non-hydrogen) atoms. The molecule has 0 radical (unpaired) electrons. The minimum Gasteiger partial charge on any atom is -0.508 e. The van der Waals surface area contributed by atoms with Gasteiger partial charge in [-0.1, -0.05) is 22.4 Å². The second-order valence-corrected chi connectivity index (χ2v) is 4.72. The summed E-state index contributed by atoms with van der Waals surface area (Å²) in [7, 11) is 0. The standard InChI is InChI=1S/C13H15N9O3/c14-6-13(7-15,8-19-22-17)25-12(24)20-11(5-18-21-16)9-1-3-10(23)4-2-9/h1-4,6-7,11,14-15,23H,5,8H2,(H,20,24)/t11-,13?/m0/s1. The van der Waals surface area contributed by atoms with Crippen LogP contribution in [-0.4, -0.2) is 42.3 Å². The maximum absolute atomic E-state index is 12.1. The highest BCUT2D eigenvalue weighted by Gasteiger charge is 2.30. The molecule has 0 aliphatic heterocycles. The summed E-state index contributed by atoms with van der Waals surface area (Å²) in [5.74, 6) is 0.0230. The van der Waals surface area contributed by atoms with E-state index in [9.17, 15) is 9.90 Å². The maximum Gasteiger partial charge on any atom is 0.408 e. The molecule has 1 aromatic rings. The molecule has 0 unspecified atom stereocenters. The summed E-state index contributed by atoms with van der Waals surface area (Å²) in [4.78, 5) is 17.2. The van der Waals surface area contributed by atoms with E-state index in [-0.39, 0.29) is 12.3 Å². The Morgan fingerprint density at radius 1 is 1.28 bits per heavy atom. The van der Waals surface area contributed by atoms with Crippen LogP contribution < -0.4 is 5.32 Å². The average molecular weight is 345 g/mol. The lowest BCUT2D eigenvalue weighted by molar-refractivity contribution is 0.105. The molecule has 0 aliphatic carbocycles. The Morgan fingerprint density at radius 3 is 2.40 bits per heavy atom. The Kier molecular flexibility index (Phi) is 7.26. The van der Waals surface area contributed by atoms with Gasteiger partial charge in [0.25, 0.3) is 0 Å². The lowest BCUT2D eigenvalue weighted by Crippen LogP contribution is -2.45. The number of nitrogens with zero attached hydrogens (tertiary/aromatic N) is 6. The monoisotopic (exact) mass is 345 g/mol. The third-order valence-corrected chi connectivity index (χ3v) is 3.07. The first-order valence-corrected chi connectivity index (χ1v) is 6.83. The second kappa shape index (κ2) is 9.40. The number of phenols is 1. The van der Waals surface area contributed by atoms with Crippen molar-refractivity contribution in [1.29, 1.82) is 10.8 Å². The molecule has 0 spiro atoms. The van der Waals surface area contributed by atoms with Gasteiger partial charge in [-0.3, -0.25) is 0 Å². The lowest BCUT2D eigenvalue weighted by atomic mass is 10.1. The van der Waals surface area contributed by atoms with Gasteiger partial charge in [-0.2, -0.15) is 0 Å². The second-order valence-electron chi connectivity index (χ2n) is 4.72. The van der Waals surface area contributed by atoms with Crippen molar-refractivity contribution in [2.75, 3.05) is 13.1 Å². The number of hydrogen-bond donors (Lipinski definition) is 4. The fourth-order valence-electron chi connectivity index (χ4n) is 1.77. The number of rotatable bonds is 9. The molecule has 1 amide bonds. The van der Waals surface area contributed by atoms with Gasteiger partial charge in [-0.25, -0.2) is 4.79 Å². The number of nitrogens with one attached hydrogen (secondary N) is 3. The summed E-state index contributed by atoms with van der Waals surface area (Å²) in [6, 6.07) is 5.07. The smallest absolute Gasteiger partial charge is 0.408 e. The Hall–Kier alpha value is -3.75. The van der Waals surface area contributed by atoms with E-state index in [1.807, 2.05) is 0 Å². The van der Waals surface area contributed by atoms with Crippen molar-refractivity contribution in [3.05, 3.63) is 50.7 Å². The zero-order chi connectivity index (χ0) is 18.7. The normalized spacial score (nSPS) is 13.1. The molecule has 12 heteroatoms. The highest BCUT2D eigenvalue weighted by molar-refractivity contribution is 5.93. The van der Waals surface area contributed by atoms with Gasteiger partial charge in [0.05, 0.1) is 19.1 Å². The van der Waals surface area contributed by atoms with Crippen molar-refractivity contribution in [1.82, 2.24) is 5.32 Å². The number of hydrogen-bond acceptors (Lipinski definition) is 7. The minimum atomic E-state index is -1.81. The predicted molar refractivity (Wildman–Crippen MR) is 88.8 cm³/mol. The first-order chi connectivity index (χ1) is 12.0. The molecule has 1 aromatic carbocycles. The number of amides is 1. The summed E-state index contributed by atoms with van der Waals surface area (Å²) in [5.41, 5.74) is 15.5. The molecule has 1 rings (SSSR count). The number of benzene rings is 1. The number of azide groups is 2.